The predicted molar refractivity (Wildman–Crippen MR) is 80.9 cm³/mol. The average molecular weight is 402 g/mol. The van der Waals surface area contributed by atoms with E-state index in [0.29, 0.717) is 22.7 Å². The number of hydrogen-bond donors (Lipinski definition) is 0. The SMILES string of the molecule is COC1=C(C#N)[C@H](Br)[C@@]2(C)C(OC)=C(C#N)C(Br)[C@@]12C. The van der Waals surface area contributed by atoms with Crippen LogP contribution in [0.15, 0.2) is 22.7 Å². The topological polar surface area (TPSA) is 66.0 Å². The summed E-state index contributed by atoms with van der Waals surface area (Å²) in [7, 11) is 3.11. The zero-order chi connectivity index (χ0) is 15.3. The Morgan fingerprint density at radius 2 is 1.20 bits per heavy atom. The highest BCUT2D eigenvalue weighted by Gasteiger charge is 2.70. The zero-order valence-electron chi connectivity index (χ0n) is 11.6. The van der Waals surface area contributed by atoms with E-state index in [4.69, 9.17) is 9.47 Å². The van der Waals surface area contributed by atoms with Gasteiger partial charge in [0.05, 0.1) is 58.0 Å². The first-order valence-electron chi connectivity index (χ1n) is 6.01. The van der Waals surface area contributed by atoms with Gasteiger partial charge in [0.15, 0.2) is 0 Å². The van der Waals surface area contributed by atoms with E-state index in [-0.39, 0.29) is 9.65 Å². The van der Waals surface area contributed by atoms with Gasteiger partial charge in [0.25, 0.3) is 0 Å². The number of nitrogens with zero attached hydrogens (tertiary/aromatic N) is 2. The molecule has 0 spiro atoms. The molecule has 106 valence electrons. The molecule has 2 rings (SSSR count). The van der Waals surface area contributed by atoms with Gasteiger partial charge in [-0.3, -0.25) is 0 Å². The molecule has 4 atom stereocenters. The number of ether oxygens (including phenoxy) is 2. The standard InChI is InChI=1S/C14H14Br2N2O2/c1-13-9(15)7(5-17)12(20-4)14(13,2)10(16)8(6-18)11(13)19-3/h9-10H,1-4H3/t9-,10?,13-,14-/m0/s1. The Labute approximate surface area is 135 Å². The Morgan fingerprint density at radius 1 is 0.900 bits per heavy atom. The molecule has 0 saturated heterocycles. The highest BCUT2D eigenvalue weighted by molar-refractivity contribution is 9.10. The Kier molecular flexibility index (Phi) is 3.69. The number of hydrogen-bond acceptors (Lipinski definition) is 4. The fourth-order valence-electron chi connectivity index (χ4n) is 3.45. The molecule has 1 unspecified atom stereocenters. The molecule has 0 radical (unpaired) electrons. The summed E-state index contributed by atoms with van der Waals surface area (Å²) < 4.78 is 11.1. The van der Waals surface area contributed by atoms with Gasteiger partial charge in [0.2, 0.25) is 0 Å². The van der Waals surface area contributed by atoms with Gasteiger partial charge in [-0.1, -0.05) is 31.9 Å². The van der Waals surface area contributed by atoms with Crippen molar-refractivity contribution < 1.29 is 9.47 Å². The van der Waals surface area contributed by atoms with Crippen molar-refractivity contribution in [3.05, 3.63) is 22.7 Å². The highest BCUT2D eigenvalue weighted by Crippen LogP contribution is 2.69. The highest BCUT2D eigenvalue weighted by atomic mass is 79.9. The molecule has 0 bridgehead atoms. The van der Waals surface area contributed by atoms with E-state index in [1.807, 2.05) is 13.8 Å². The first-order valence-corrected chi connectivity index (χ1v) is 7.84. The molecule has 0 amide bonds. The summed E-state index contributed by atoms with van der Waals surface area (Å²) in [5, 5.41) is 18.9. The molecule has 0 saturated carbocycles. The second-order valence-corrected chi connectivity index (χ2v) is 7.08. The van der Waals surface area contributed by atoms with Crippen LogP contribution in [0.4, 0.5) is 0 Å². The number of halogens is 2. The van der Waals surface area contributed by atoms with Crippen molar-refractivity contribution >= 4 is 31.9 Å². The molecule has 0 aromatic rings. The van der Waals surface area contributed by atoms with Crippen LogP contribution in [0.3, 0.4) is 0 Å². The summed E-state index contributed by atoms with van der Waals surface area (Å²) in [5.41, 5.74) is -0.0172. The molecule has 0 aromatic carbocycles. The van der Waals surface area contributed by atoms with Crippen LogP contribution >= 0.6 is 31.9 Å². The second kappa shape index (κ2) is 4.79. The van der Waals surface area contributed by atoms with Crippen molar-refractivity contribution in [1.29, 1.82) is 10.5 Å². The maximum Gasteiger partial charge on any atom is 0.119 e. The molecule has 0 fully saturated rings. The average Bonchev–Trinajstić information content (AvgIpc) is 2.72. The van der Waals surface area contributed by atoms with Crippen molar-refractivity contribution in [2.45, 2.75) is 23.5 Å². The molecule has 6 heteroatoms. The number of rotatable bonds is 2. The van der Waals surface area contributed by atoms with E-state index in [1.54, 1.807) is 14.2 Å². The first-order chi connectivity index (χ1) is 9.35. The van der Waals surface area contributed by atoms with Crippen LogP contribution in [-0.4, -0.2) is 23.9 Å². The van der Waals surface area contributed by atoms with Crippen molar-refractivity contribution in [2.75, 3.05) is 14.2 Å². The number of methoxy groups -OCH3 is 2. The summed E-state index contributed by atoms with van der Waals surface area (Å²) in [6.07, 6.45) is 0. The Morgan fingerprint density at radius 3 is 1.40 bits per heavy atom. The largest absolute Gasteiger partial charge is 0.499 e. The summed E-state index contributed by atoms with van der Waals surface area (Å²) in [6, 6.07) is 4.44. The Bertz CT molecular complexity index is 560. The molecule has 0 aliphatic heterocycles. The monoisotopic (exact) mass is 400 g/mol. The van der Waals surface area contributed by atoms with Gasteiger partial charge in [0, 0.05) is 0 Å². The third-order valence-corrected chi connectivity index (χ3v) is 7.43. The molecular formula is C14H14Br2N2O2. The van der Waals surface area contributed by atoms with E-state index in [9.17, 15) is 10.5 Å². The molecule has 2 aliphatic carbocycles. The number of fused-ring (bicyclic) bond motifs is 1. The zero-order valence-corrected chi connectivity index (χ0v) is 14.8. The van der Waals surface area contributed by atoms with E-state index >= 15 is 0 Å². The molecule has 2 aliphatic rings. The van der Waals surface area contributed by atoms with Crippen molar-refractivity contribution in [3.8, 4) is 12.1 Å². The van der Waals surface area contributed by atoms with Crippen LogP contribution in [0.2, 0.25) is 0 Å². The van der Waals surface area contributed by atoms with Gasteiger partial charge in [-0.2, -0.15) is 10.5 Å². The van der Waals surface area contributed by atoms with Crippen molar-refractivity contribution in [3.63, 3.8) is 0 Å². The summed E-state index contributed by atoms with van der Waals surface area (Å²) in [4.78, 5) is -0.526. The van der Waals surface area contributed by atoms with Gasteiger partial charge < -0.3 is 9.47 Å². The summed E-state index contributed by atoms with van der Waals surface area (Å²) in [5.74, 6) is 1.21. The maximum absolute atomic E-state index is 9.44. The third kappa shape index (κ3) is 1.39. The smallest absolute Gasteiger partial charge is 0.119 e. The Hall–Kier alpha value is -0.980. The van der Waals surface area contributed by atoms with Crippen LogP contribution in [0.25, 0.3) is 0 Å². The molecule has 4 nitrogen and oxygen atoms in total. The van der Waals surface area contributed by atoms with Gasteiger partial charge in [-0.15, -0.1) is 0 Å². The first kappa shape index (κ1) is 15.4. The summed E-state index contributed by atoms with van der Waals surface area (Å²) in [6.45, 7) is 3.99. The third-order valence-electron chi connectivity index (χ3n) is 4.68. The van der Waals surface area contributed by atoms with Crippen LogP contribution in [-0.2, 0) is 9.47 Å². The fourth-order valence-corrected chi connectivity index (χ4v) is 5.44. The maximum atomic E-state index is 9.44. The lowest BCUT2D eigenvalue weighted by atomic mass is 9.68. The van der Waals surface area contributed by atoms with Crippen LogP contribution < -0.4 is 0 Å². The van der Waals surface area contributed by atoms with Gasteiger partial charge in [-0.05, 0) is 13.8 Å². The van der Waals surface area contributed by atoms with Gasteiger partial charge in [-0.25, -0.2) is 0 Å². The van der Waals surface area contributed by atoms with E-state index in [1.165, 1.54) is 0 Å². The normalized spacial score (nSPS) is 39.4. The lowest BCUT2D eigenvalue weighted by molar-refractivity contribution is 0.0832. The second-order valence-electron chi connectivity index (χ2n) is 5.25. The van der Waals surface area contributed by atoms with Crippen molar-refractivity contribution in [1.82, 2.24) is 0 Å². The lowest BCUT2D eigenvalue weighted by Crippen LogP contribution is -2.42. The van der Waals surface area contributed by atoms with Crippen LogP contribution in [0, 0.1) is 33.5 Å². The predicted octanol–water partition coefficient (Wildman–Crippen LogP) is 3.40. The van der Waals surface area contributed by atoms with Gasteiger partial charge >= 0.3 is 0 Å². The molecular weight excluding hydrogens is 388 g/mol. The van der Waals surface area contributed by atoms with E-state index in [2.05, 4.69) is 44.0 Å². The summed E-state index contributed by atoms with van der Waals surface area (Å²) >= 11 is 7.21. The Balaban J connectivity index is 2.80. The fraction of sp³-hybridized carbons (Fsp3) is 0.571. The molecule has 0 aromatic heterocycles. The molecule has 20 heavy (non-hydrogen) atoms. The minimum absolute atomic E-state index is 0.263. The molecule has 0 N–H and O–H groups in total. The molecule has 0 heterocycles. The van der Waals surface area contributed by atoms with Crippen molar-refractivity contribution in [2.24, 2.45) is 10.8 Å². The minimum Gasteiger partial charge on any atom is -0.499 e. The number of alkyl halides is 2. The number of allylic oxidation sites excluding steroid dienone is 4. The van der Waals surface area contributed by atoms with Crippen LogP contribution in [0.5, 0.6) is 0 Å². The van der Waals surface area contributed by atoms with Gasteiger partial charge in [0.1, 0.15) is 11.5 Å². The minimum atomic E-state index is -0.558. The lowest BCUT2D eigenvalue weighted by Gasteiger charge is -2.40. The van der Waals surface area contributed by atoms with E-state index < -0.39 is 10.8 Å². The van der Waals surface area contributed by atoms with Crippen LogP contribution in [0.1, 0.15) is 13.8 Å². The number of nitriles is 2. The van der Waals surface area contributed by atoms with E-state index in [0.717, 1.165) is 0 Å². The quantitative estimate of drug-likeness (QED) is 0.665.